The molecule has 5 nitrogen and oxygen atoms in total. The van der Waals surface area contributed by atoms with Gasteiger partial charge in [-0.2, -0.15) is 0 Å². The monoisotopic (exact) mass is 457 g/mol. The Balaban J connectivity index is 1.45. The third-order valence-electron chi connectivity index (χ3n) is 7.29. The summed E-state index contributed by atoms with van der Waals surface area (Å²) in [6, 6.07) is 18.8. The Hall–Kier alpha value is -3.31. The fourth-order valence-corrected chi connectivity index (χ4v) is 4.90. The van der Waals surface area contributed by atoms with Crippen molar-refractivity contribution in [2.24, 2.45) is 0 Å². The first-order valence-electron chi connectivity index (χ1n) is 11.9. The van der Waals surface area contributed by atoms with E-state index < -0.39 is 11.5 Å². The van der Waals surface area contributed by atoms with Crippen molar-refractivity contribution in [3.8, 4) is 16.9 Å². The second-order valence-electron chi connectivity index (χ2n) is 9.61. The number of aryl methyl sites for hydroxylation is 1. The molecule has 0 radical (unpaired) electrons. The fourth-order valence-electron chi connectivity index (χ4n) is 4.90. The lowest BCUT2D eigenvalue weighted by Crippen LogP contribution is -2.31. The second-order valence-corrected chi connectivity index (χ2v) is 9.61. The number of carbonyl (C=O) groups is 1. The fraction of sp³-hybridized carbons (Fsp3) is 0.345. The Morgan fingerprint density at radius 3 is 2.38 bits per heavy atom. The van der Waals surface area contributed by atoms with Crippen LogP contribution in [0.2, 0.25) is 0 Å². The Kier molecular flexibility index (Phi) is 5.82. The number of aliphatic carboxylic acids is 1. The summed E-state index contributed by atoms with van der Waals surface area (Å²) in [5.74, 6) is 0.0649. The molecule has 0 saturated heterocycles. The summed E-state index contributed by atoms with van der Waals surface area (Å²) in [5.41, 5.74) is 8.16. The lowest BCUT2D eigenvalue weighted by atomic mass is 9.95. The van der Waals surface area contributed by atoms with E-state index in [1.807, 2.05) is 12.1 Å². The lowest BCUT2D eigenvalue weighted by Gasteiger charge is -2.19. The molecule has 34 heavy (non-hydrogen) atoms. The normalized spacial score (nSPS) is 16.2. The largest absolute Gasteiger partial charge is 0.496 e. The van der Waals surface area contributed by atoms with Gasteiger partial charge in [-0.25, -0.2) is 4.79 Å². The standard InChI is InChI=1S/C29H31NO4/c1-18-12-22(16-27(33-3)19(18)2)26-9-8-24(30-29(10-11-29)28(31)32)13-23(26)17-34-25-14-20-6-4-5-7-21(20)15-25/h4-9,12-13,16,25,30H,10-11,14-15,17H2,1-3H3,(H,31,32). The minimum atomic E-state index is -0.837. The predicted octanol–water partition coefficient (Wildman–Crippen LogP) is 5.69. The van der Waals surface area contributed by atoms with Gasteiger partial charge in [-0.1, -0.05) is 36.4 Å². The van der Waals surface area contributed by atoms with Crippen molar-refractivity contribution in [3.05, 3.63) is 82.4 Å². The molecule has 5 rings (SSSR count). The molecule has 176 valence electrons. The molecular weight excluding hydrogens is 426 g/mol. The Morgan fingerprint density at radius 1 is 1.06 bits per heavy atom. The van der Waals surface area contributed by atoms with Gasteiger partial charge in [0.25, 0.3) is 0 Å². The summed E-state index contributed by atoms with van der Waals surface area (Å²) in [7, 11) is 1.70. The van der Waals surface area contributed by atoms with Crippen molar-refractivity contribution in [2.45, 2.75) is 57.8 Å². The summed E-state index contributed by atoms with van der Waals surface area (Å²) < 4.78 is 12.0. The molecule has 2 N–H and O–H groups in total. The summed E-state index contributed by atoms with van der Waals surface area (Å²) in [5, 5.41) is 12.9. The first-order valence-corrected chi connectivity index (χ1v) is 11.9. The van der Waals surface area contributed by atoms with Gasteiger partial charge in [0.15, 0.2) is 0 Å². The number of hydrogen-bond acceptors (Lipinski definition) is 4. The topological polar surface area (TPSA) is 67.8 Å². The van der Waals surface area contributed by atoms with E-state index >= 15 is 0 Å². The summed E-state index contributed by atoms with van der Waals surface area (Å²) in [6.45, 7) is 4.61. The molecule has 0 unspecified atom stereocenters. The van der Waals surface area contributed by atoms with Gasteiger partial charge in [-0.15, -0.1) is 0 Å². The van der Waals surface area contributed by atoms with Crippen LogP contribution >= 0.6 is 0 Å². The first kappa shape index (κ1) is 22.5. The molecule has 2 aliphatic carbocycles. The van der Waals surface area contributed by atoms with E-state index in [1.54, 1.807) is 7.11 Å². The van der Waals surface area contributed by atoms with E-state index in [4.69, 9.17) is 9.47 Å². The summed E-state index contributed by atoms with van der Waals surface area (Å²) in [4.78, 5) is 11.7. The van der Waals surface area contributed by atoms with Crippen molar-refractivity contribution in [2.75, 3.05) is 12.4 Å². The zero-order chi connectivity index (χ0) is 23.9. The Morgan fingerprint density at radius 2 is 1.76 bits per heavy atom. The molecular formula is C29H31NO4. The number of benzene rings is 3. The van der Waals surface area contributed by atoms with Crippen molar-refractivity contribution in [1.29, 1.82) is 0 Å². The second kappa shape index (κ2) is 8.80. The average molecular weight is 458 g/mol. The number of carboxylic acids is 1. The van der Waals surface area contributed by atoms with E-state index in [0.717, 1.165) is 52.1 Å². The van der Waals surface area contributed by atoms with Crippen LogP contribution in [0.25, 0.3) is 11.1 Å². The van der Waals surface area contributed by atoms with Gasteiger partial charge >= 0.3 is 5.97 Å². The molecule has 1 fully saturated rings. The average Bonchev–Trinajstić information content (AvgIpc) is 3.49. The van der Waals surface area contributed by atoms with Gasteiger partial charge in [0.1, 0.15) is 11.3 Å². The van der Waals surface area contributed by atoms with Crippen LogP contribution in [0, 0.1) is 13.8 Å². The van der Waals surface area contributed by atoms with Crippen LogP contribution in [0.4, 0.5) is 5.69 Å². The number of ether oxygens (including phenoxy) is 2. The molecule has 0 aliphatic heterocycles. The molecule has 3 aromatic carbocycles. The molecule has 0 aromatic heterocycles. The summed E-state index contributed by atoms with van der Waals surface area (Å²) in [6.07, 6.45) is 3.27. The van der Waals surface area contributed by atoms with Gasteiger partial charge in [-0.05, 0) is 96.7 Å². The van der Waals surface area contributed by atoms with E-state index in [-0.39, 0.29) is 6.10 Å². The van der Waals surface area contributed by atoms with Crippen LogP contribution in [0.3, 0.4) is 0 Å². The zero-order valence-electron chi connectivity index (χ0n) is 20.0. The van der Waals surface area contributed by atoms with Crippen molar-refractivity contribution in [1.82, 2.24) is 0 Å². The first-order chi connectivity index (χ1) is 16.4. The molecule has 1 saturated carbocycles. The van der Waals surface area contributed by atoms with E-state index in [0.29, 0.717) is 19.4 Å². The minimum absolute atomic E-state index is 0.143. The highest BCUT2D eigenvalue weighted by atomic mass is 16.5. The van der Waals surface area contributed by atoms with E-state index in [9.17, 15) is 9.90 Å². The molecule has 2 aliphatic rings. The lowest BCUT2D eigenvalue weighted by molar-refractivity contribution is -0.138. The maximum Gasteiger partial charge on any atom is 0.329 e. The number of anilines is 1. The van der Waals surface area contributed by atoms with Crippen molar-refractivity contribution in [3.63, 3.8) is 0 Å². The van der Waals surface area contributed by atoms with Crippen LogP contribution in [0.1, 0.15) is 40.7 Å². The highest BCUT2D eigenvalue weighted by molar-refractivity contribution is 5.86. The number of nitrogens with one attached hydrogen (secondary N) is 1. The molecule has 0 spiro atoms. The predicted molar refractivity (Wildman–Crippen MR) is 134 cm³/mol. The van der Waals surface area contributed by atoms with Crippen LogP contribution < -0.4 is 10.1 Å². The van der Waals surface area contributed by atoms with Crippen LogP contribution in [0.15, 0.2) is 54.6 Å². The summed E-state index contributed by atoms with van der Waals surface area (Å²) >= 11 is 0. The Bertz CT molecular complexity index is 1220. The molecule has 0 amide bonds. The number of methoxy groups -OCH3 is 1. The van der Waals surface area contributed by atoms with Crippen molar-refractivity contribution < 1.29 is 19.4 Å². The van der Waals surface area contributed by atoms with E-state index in [2.05, 4.69) is 61.6 Å². The quantitative estimate of drug-likeness (QED) is 0.455. The maximum atomic E-state index is 11.7. The molecule has 0 heterocycles. The smallest absolute Gasteiger partial charge is 0.329 e. The van der Waals surface area contributed by atoms with Gasteiger partial charge in [0.2, 0.25) is 0 Å². The number of carboxylic acid groups (broad SMARTS) is 1. The maximum absolute atomic E-state index is 11.7. The zero-order valence-corrected chi connectivity index (χ0v) is 20.0. The SMILES string of the molecule is COc1cc(-c2ccc(NC3(C(=O)O)CC3)cc2COC2Cc3ccccc3C2)cc(C)c1C. The molecule has 0 bridgehead atoms. The van der Waals surface area contributed by atoms with Crippen molar-refractivity contribution >= 4 is 11.7 Å². The van der Waals surface area contributed by atoms with Gasteiger partial charge in [-0.3, -0.25) is 0 Å². The van der Waals surface area contributed by atoms with E-state index in [1.165, 1.54) is 11.1 Å². The molecule has 5 heteroatoms. The van der Waals surface area contributed by atoms with Crippen LogP contribution in [-0.2, 0) is 29.0 Å². The number of rotatable bonds is 8. The molecule has 0 atom stereocenters. The third kappa shape index (κ3) is 4.28. The highest BCUT2D eigenvalue weighted by Gasteiger charge is 2.50. The van der Waals surface area contributed by atoms with Gasteiger partial charge < -0.3 is 19.9 Å². The third-order valence-corrected chi connectivity index (χ3v) is 7.29. The highest BCUT2D eigenvalue weighted by Crippen LogP contribution is 2.40. The minimum Gasteiger partial charge on any atom is -0.496 e. The van der Waals surface area contributed by atoms with Crippen LogP contribution in [-0.4, -0.2) is 29.8 Å². The number of hydrogen-bond donors (Lipinski definition) is 2. The molecule has 3 aromatic rings. The van der Waals surface area contributed by atoms with Gasteiger partial charge in [0, 0.05) is 5.69 Å². The van der Waals surface area contributed by atoms with Crippen LogP contribution in [0.5, 0.6) is 5.75 Å². The number of fused-ring (bicyclic) bond motifs is 1. The van der Waals surface area contributed by atoms with Gasteiger partial charge in [0.05, 0.1) is 19.8 Å². The Labute approximate surface area is 200 Å².